The molecule has 32 heavy (non-hydrogen) atoms. The van der Waals surface area contributed by atoms with Crippen LogP contribution in [0.1, 0.15) is 31.1 Å². The van der Waals surface area contributed by atoms with Crippen LogP contribution in [0.2, 0.25) is 5.02 Å². The fourth-order valence-corrected chi connectivity index (χ4v) is 3.79. The van der Waals surface area contributed by atoms with Crippen molar-refractivity contribution in [3.8, 4) is 5.69 Å². The van der Waals surface area contributed by atoms with E-state index in [1.807, 2.05) is 18.2 Å². The van der Waals surface area contributed by atoms with Crippen LogP contribution in [0.3, 0.4) is 0 Å². The van der Waals surface area contributed by atoms with Crippen LogP contribution in [0.5, 0.6) is 0 Å². The van der Waals surface area contributed by atoms with E-state index < -0.39 is 5.82 Å². The standard InChI is InChI=1S/C25H24ClFN4O/c1-16(2)28-15-19-7-5-6-18(29-19)11-13-24-30-22-12-10-17(27)14-20(22)25(32)31(24)23-9-4-3-8-21(23)26/h3-10,12,14,16,28H,11,13,15H2,1-2H3. The minimum absolute atomic E-state index is 0.216. The molecule has 0 saturated carbocycles. The predicted molar refractivity (Wildman–Crippen MR) is 126 cm³/mol. The van der Waals surface area contributed by atoms with Gasteiger partial charge in [-0.05, 0) is 48.9 Å². The Morgan fingerprint density at radius 3 is 2.56 bits per heavy atom. The van der Waals surface area contributed by atoms with Gasteiger partial charge in [0.15, 0.2) is 0 Å². The smallest absolute Gasteiger partial charge is 0.266 e. The number of nitrogens with one attached hydrogen (secondary N) is 1. The van der Waals surface area contributed by atoms with E-state index in [1.54, 1.807) is 24.3 Å². The number of aromatic nitrogens is 3. The van der Waals surface area contributed by atoms with Gasteiger partial charge >= 0.3 is 0 Å². The number of fused-ring (bicyclic) bond motifs is 1. The molecular weight excluding hydrogens is 427 g/mol. The Labute approximate surface area is 190 Å². The number of rotatable bonds is 7. The molecule has 7 heteroatoms. The minimum atomic E-state index is -0.481. The van der Waals surface area contributed by atoms with Gasteiger partial charge in [0.2, 0.25) is 0 Å². The second kappa shape index (κ2) is 9.59. The Bertz CT molecular complexity index is 1320. The molecule has 0 aliphatic carbocycles. The molecule has 0 atom stereocenters. The topological polar surface area (TPSA) is 59.8 Å². The minimum Gasteiger partial charge on any atom is -0.309 e. The van der Waals surface area contributed by atoms with Gasteiger partial charge in [0.1, 0.15) is 11.6 Å². The van der Waals surface area contributed by atoms with Crippen molar-refractivity contribution in [2.24, 2.45) is 0 Å². The van der Waals surface area contributed by atoms with Gasteiger partial charge in [0.05, 0.1) is 27.3 Å². The highest BCUT2D eigenvalue weighted by molar-refractivity contribution is 6.32. The fourth-order valence-electron chi connectivity index (χ4n) is 3.57. The van der Waals surface area contributed by atoms with Crippen LogP contribution < -0.4 is 10.9 Å². The van der Waals surface area contributed by atoms with E-state index in [-0.39, 0.29) is 10.9 Å². The number of nitrogens with zero attached hydrogens (tertiary/aromatic N) is 3. The maximum Gasteiger partial charge on any atom is 0.266 e. The Hall–Kier alpha value is -3.09. The van der Waals surface area contributed by atoms with Crippen molar-refractivity contribution in [2.75, 3.05) is 0 Å². The Morgan fingerprint density at radius 2 is 1.78 bits per heavy atom. The summed E-state index contributed by atoms with van der Waals surface area (Å²) in [5.41, 5.74) is 2.50. The Kier molecular flexibility index (Phi) is 6.63. The van der Waals surface area contributed by atoms with Crippen molar-refractivity contribution in [3.05, 3.63) is 99.1 Å². The molecule has 5 nitrogen and oxygen atoms in total. The molecule has 0 bridgehead atoms. The lowest BCUT2D eigenvalue weighted by Gasteiger charge is -2.15. The van der Waals surface area contributed by atoms with Gasteiger partial charge in [0, 0.05) is 24.7 Å². The molecule has 0 radical (unpaired) electrons. The molecule has 1 N–H and O–H groups in total. The zero-order valence-electron chi connectivity index (χ0n) is 18.0. The lowest BCUT2D eigenvalue weighted by Crippen LogP contribution is -2.25. The van der Waals surface area contributed by atoms with E-state index in [0.29, 0.717) is 47.5 Å². The highest BCUT2D eigenvalue weighted by Gasteiger charge is 2.16. The summed E-state index contributed by atoms with van der Waals surface area (Å²) in [7, 11) is 0. The first-order valence-electron chi connectivity index (χ1n) is 10.6. The quantitative estimate of drug-likeness (QED) is 0.437. The summed E-state index contributed by atoms with van der Waals surface area (Å²) in [5.74, 6) is 0.0700. The van der Waals surface area contributed by atoms with Crippen LogP contribution in [0.25, 0.3) is 16.6 Å². The van der Waals surface area contributed by atoms with Crippen LogP contribution in [0.15, 0.2) is 65.5 Å². The first kappa shape index (κ1) is 22.1. The third-order valence-corrected chi connectivity index (χ3v) is 5.47. The van der Waals surface area contributed by atoms with Gasteiger partial charge in [-0.25, -0.2) is 9.37 Å². The van der Waals surface area contributed by atoms with E-state index in [2.05, 4.69) is 24.1 Å². The predicted octanol–water partition coefficient (Wildman–Crippen LogP) is 4.86. The number of halogens is 2. The molecule has 0 unspecified atom stereocenters. The zero-order chi connectivity index (χ0) is 22.7. The highest BCUT2D eigenvalue weighted by atomic mass is 35.5. The first-order chi connectivity index (χ1) is 15.4. The van der Waals surface area contributed by atoms with E-state index in [9.17, 15) is 9.18 Å². The Morgan fingerprint density at radius 1 is 1.00 bits per heavy atom. The summed E-state index contributed by atoms with van der Waals surface area (Å²) in [6.07, 6.45) is 1.07. The first-order valence-corrected chi connectivity index (χ1v) is 10.9. The number of benzene rings is 2. The summed E-state index contributed by atoms with van der Waals surface area (Å²) in [5, 5.41) is 4.01. The van der Waals surface area contributed by atoms with Gasteiger partial charge in [0.25, 0.3) is 5.56 Å². The summed E-state index contributed by atoms with van der Waals surface area (Å²) >= 11 is 6.40. The molecular formula is C25H24ClFN4O. The van der Waals surface area contributed by atoms with Gasteiger partial charge in [-0.1, -0.05) is 43.6 Å². The van der Waals surface area contributed by atoms with Crippen LogP contribution in [-0.4, -0.2) is 20.6 Å². The van der Waals surface area contributed by atoms with E-state index in [4.69, 9.17) is 16.6 Å². The fraction of sp³-hybridized carbons (Fsp3) is 0.240. The SMILES string of the molecule is CC(C)NCc1cccc(CCc2nc3ccc(F)cc3c(=O)n2-c2ccccc2Cl)n1. The second-order valence-corrected chi connectivity index (χ2v) is 8.34. The van der Waals surface area contributed by atoms with Crippen LogP contribution in [-0.2, 0) is 19.4 Å². The molecule has 0 aliphatic heterocycles. The van der Waals surface area contributed by atoms with Crippen molar-refractivity contribution in [3.63, 3.8) is 0 Å². The van der Waals surface area contributed by atoms with Crippen molar-refractivity contribution in [2.45, 2.75) is 39.3 Å². The lowest BCUT2D eigenvalue weighted by molar-refractivity contribution is 0.580. The summed E-state index contributed by atoms with van der Waals surface area (Å²) in [6.45, 7) is 4.87. The molecule has 0 spiro atoms. The van der Waals surface area contributed by atoms with Crippen molar-refractivity contribution >= 4 is 22.5 Å². The van der Waals surface area contributed by atoms with Crippen LogP contribution in [0.4, 0.5) is 4.39 Å². The van der Waals surface area contributed by atoms with Crippen molar-refractivity contribution in [1.29, 1.82) is 0 Å². The number of hydrogen-bond acceptors (Lipinski definition) is 4. The largest absolute Gasteiger partial charge is 0.309 e. The van der Waals surface area contributed by atoms with Gasteiger partial charge in [-0.2, -0.15) is 0 Å². The molecule has 2 aromatic heterocycles. The zero-order valence-corrected chi connectivity index (χ0v) is 18.7. The number of pyridine rings is 1. The second-order valence-electron chi connectivity index (χ2n) is 7.94. The maximum atomic E-state index is 13.8. The molecule has 2 aromatic carbocycles. The lowest BCUT2D eigenvalue weighted by atomic mass is 10.1. The molecule has 2 heterocycles. The summed E-state index contributed by atoms with van der Waals surface area (Å²) < 4.78 is 15.3. The van der Waals surface area contributed by atoms with E-state index in [1.165, 1.54) is 22.8 Å². The van der Waals surface area contributed by atoms with E-state index in [0.717, 1.165) is 11.4 Å². The normalized spacial score (nSPS) is 11.4. The molecule has 0 fully saturated rings. The third kappa shape index (κ3) is 4.87. The monoisotopic (exact) mass is 450 g/mol. The van der Waals surface area contributed by atoms with Crippen molar-refractivity contribution in [1.82, 2.24) is 19.9 Å². The average molecular weight is 451 g/mol. The summed E-state index contributed by atoms with van der Waals surface area (Å²) in [6, 6.07) is 17.4. The van der Waals surface area contributed by atoms with Gasteiger partial charge in [-0.15, -0.1) is 0 Å². The van der Waals surface area contributed by atoms with Crippen LogP contribution >= 0.6 is 11.6 Å². The molecule has 0 aliphatic rings. The molecule has 4 aromatic rings. The summed E-state index contributed by atoms with van der Waals surface area (Å²) in [4.78, 5) is 22.8. The molecule has 164 valence electrons. The number of hydrogen-bond donors (Lipinski definition) is 1. The van der Waals surface area contributed by atoms with Crippen LogP contribution in [0, 0.1) is 5.82 Å². The highest BCUT2D eigenvalue weighted by Crippen LogP contribution is 2.22. The van der Waals surface area contributed by atoms with Gasteiger partial charge < -0.3 is 5.32 Å². The van der Waals surface area contributed by atoms with E-state index >= 15 is 0 Å². The average Bonchev–Trinajstić information content (AvgIpc) is 2.78. The van der Waals surface area contributed by atoms with Gasteiger partial charge in [-0.3, -0.25) is 14.3 Å². The Balaban J connectivity index is 1.73. The third-order valence-electron chi connectivity index (χ3n) is 5.15. The molecule has 0 saturated heterocycles. The molecule has 0 amide bonds. The maximum absolute atomic E-state index is 13.8. The van der Waals surface area contributed by atoms with Crippen molar-refractivity contribution < 1.29 is 4.39 Å². The number of para-hydroxylation sites is 1. The molecule has 4 rings (SSSR count). The number of aryl methyl sites for hydroxylation is 2.